The van der Waals surface area contributed by atoms with Crippen LogP contribution in [-0.4, -0.2) is 42.5 Å². The van der Waals surface area contributed by atoms with E-state index in [4.69, 9.17) is 21.1 Å². The molecule has 2 amide bonds. The van der Waals surface area contributed by atoms with Crippen molar-refractivity contribution in [2.75, 3.05) is 13.7 Å². The van der Waals surface area contributed by atoms with Crippen LogP contribution in [0, 0.1) is 0 Å². The van der Waals surface area contributed by atoms with Crippen molar-refractivity contribution in [3.05, 3.63) is 95.0 Å². The van der Waals surface area contributed by atoms with E-state index in [1.54, 1.807) is 30.2 Å². The van der Waals surface area contributed by atoms with Crippen LogP contribution in [0.3, 0.4) is 0 Å². The van der Waals surface area contributed by atoms with E-state index in [9.17, 15) is 9.59 Å². The van der Waals surface area contributed by atoms with Crippen molar-refractivity contribution in [3.8, 4) is 11.5 Å². The van der Waals surface area contributed by atoms with E-state index in [2.05, 4.69) is 5.32 Å². The highest BCUT2D eigenvalue weighted by atomic mass is 35.5. The molecule has 0 saturated heterocycles. The van der Waals surface area contributed by atoms with Crippen molar-refractivity contribution in [2.24, 2.45) is 0 Å². The van der Waals surface area contributed by atoms with Gasteiger partial charge in [0.05, 0.1) is 7.11 Å². The number of carbonyl (C=O) groups excluding carboxylic acids is 2. The second-order valence-electron chi connectivity index (χ2n) is 9.29. The maximum atomic E-state index is 13.7. The zero-order chi connectivity index (χ0) is 26.0. The van der Waals surface area contributed by atoms with Crippen LogP contribution in [0.1, 0.15) is 36.8 Å². The normalized spacial score (nSPS) is 14.1. The summed E-state index contributed by atoms with van der Waals surface area (Å²) < 4.78 is 11.2. The number of carbonyl (C=O) groups is 2. The molecular weight excluding hydrogens is 488 g/mol. The molecule has 37 heavy (non-hydrogen) atoms. The van der Waals surface area contributed by atoms with Crippen molar-refractivity contribution < 1.29 is 19.1 Å². The Bertz CT molecular complexity index is 1180. The molecule has 0 aromatic heterocycles. The van der Waals surface area contributed by atoms with Gasteiger partial charge in [-0.05, 0) is 48.2 Å². The molecule has 7 heteroatoms. The lowest BCUT2D eigenvalue weighted by atomic mass is 10.0. The molecule has 0 aliphatic heterocycles. The molecule has 0 heterocycles. The van der Waals surface area contributed by atoms with Gasteiger partial charge in [-0.2, -0.15) is 0 Å². The van der Waals surface area contributed by atoms with E-state index in [0.717, 1.165) is 36.8 Å². The first-order chi connectivity index (χ1) is 18.0. The van der Waals surface area contributed by atoms with Gasteiger partial charge in [-0.25, -0.2) is 0 Å². The van der Waals surface area contributed by atoms with Crippen molar-refractivity contribution >= 4 is 23.4 Å². The molecule has 1 atom stereocenters. The minimum absolute atomic E-state index is 0.138. The summed E-state index contributed by atoms with van der Waals surface area (Å²) >= 11 is 6.25. The van der Waals surface area contributed by atoms with Gasteiger partial charge in [-0.15, -0.1) is 0 Å². The van der Waals surface area contributed by atoms with E-state index < -0.39 is 6.04 Å². The Morgan fingerprint density at radius 1 is 0.946 bits per heavy atom. The topological polar surface area (TPSA) is 67.9 Å². The van der Waals surface area contributed by atoms with E-state index in [0.29, 0.717) is 22.9 Å². The van der Waals surface area contributed by atoms with Crippen molar-refractivity contribution in [2.45, 2.75) is 50.7 Å². The fraction of sp³-hybridized carbons (Fsp3) is 0.333. The van der Waals surface area contributed by atoms with Crippen LogP contribution in [0.2, 0.25) is 5.02 Å². The van der Waals surface area contributed by atoms with E-state index in [1.807, 2.05) is 60.7 Å². The monoisotopic (exact) mass is 520 g/mol. The summed E-state index contributed by atoms with van der Waals surface area (Å²) in [6.07, 6.45) is 4.52. The van der Waals surface area contributed by atoms with Crippen LogP contribution >= 0.6 is 11.6 Å². The lowest BCUT2D eigenvalue weighted by Gasteiger charge is -2.32. The summed E-state index contributed by atoms with van der Waals surface area (Å²) in [5.74, 6) is 0.560. The zero-order valence-corrected chi connectivity index (χ0v) is 21.8. The Balaban J connectivity index is 1.62. The number of halogens is 1. The lowest BCUT2D eigenvalue weighted by Crippen LogP contribution is -2.53. The quantitative estimate of drug-likeness (QED) is 0.366. The predicted octanol–water partition coefficient (Wildman–Crippen LogP) is 5.43. The number of ether oxygens (including phenoxy) is 2. The largest absolute Gasteiger partial charge is 0.493 e. The molecule has 4 rings (SSSR count). The molecule has 0 unspecified atom stereocenters. The van der Waals surface area contributed by atoms with Crippen LogP contribution in [-0.2, 0) is 22.6 Å². The molecule has 1 N–H and O–H groups in total. The molecular formula is C30H33ClN2O4. The number of amides is 2. The molecule has 0 bridgehead atoms. The lowest BCUT2D eigenvalue weighted by molar-refractivity contribution is -0.143. The number of rotatable bonds is 11. The summed E-state index contributed by atoms with van der Waals surface area (Å²) in [5.41, 5.74) is 1.81. The number of methoxy groups -OCH3 is 1. The van der Waals surface area contributed by atoms with Crippen molar-refractivity contribution in [1.82, 2.24) is 10.2 Å². The van der Waals surface area contributed by atoms with Gasteiger partial charge in [0.2, 0.25) is 5.91 Å². The van der Waals surface area contributed by atoms with Gasteiger partial charge in [0.25, 0.3) is 5.91 Å². The Kier molecular flexibility index (Phi) is 9.44. The molecule has 3 aromatic carbocycles. The summed E-state index contributed by atoms with van der Waals surface area (Å²) in [7, 11) is 1.55. The van der Waals surface area contributed by atoms with Crippen molar-refractivity contribution in [3.63, 3.8) is 0 Å². The second-order valence-corrected chi connectivity index (χ2v) is 9.72. The van der Waals surface area contributed by atoms with Crippen LogP contribution in [0.4, 0.5) is 0 Å². The minimum Gasteiger partial charge on any atom is -0.493 e. The van der Waals surface area contributed by atoms with Crippen LogP contribution in [0.5, 0.6) is 11.5 Å². The Morgan fingerprint density at radius 3 is 2.32 bits per heavy atom. The number of hydrogen-bond acceptors (Lipinski definition) is 4. The highest BCUT2D eigenvalue weighted by Gasteiger charge is 2.32. The fourth-order valence-corrected chi connectivity index (χ4v) is 4.93. The van der Waals surface area contributed by atoms with E-state index in [-0.39, 0.29) is 31.0 Å². The molecule has 1 aliphatic rings. The zero-order valence-electron chi connectivity index (χ0n) is 21.1. The summed E-state index contributed by atoms with van der Waals surface area (Å²) in [4.78, 5) is 29.0. The number of nitrogens with zero attached hydrogens (tertiary/aromatic N) is 1. The molecule has 0 spiro atoms. The molecule has 1 saturated carbocycles. The van der Waals surface area contributed by atoms with Crippen molar-refractivity contribution in [1.29, 1.82) is 0 Å². The maximum absolute atomic E-state index is 13.7. The van der Waals surface area contributed by atoms with E-state index >= 15 is 0 Å². The van der Waals surface area contributed by atoms with Crippen LogP contribution in [0.25, 0.3) is 0 Å². The molecule has 194 valence electrons. The Hall–Kier alpha value is -3.51. The number of nitrogens with one attached hydrogen (secondary N) is 1. The fourth-order valence-electron chi connectivity index (χ4n) is 4.71. The Morgan fingerprint density at radius 2 is 1.62 bits per heavy atom. The van der Waals surface area contributed by atoms with Gasteiger partial charge in [0.1, 0.15) is 6.04 Å². The Labute approximate surface area is 223 Å². The van der Waals surface area contributed by atoms with Crippen LogP contribution in [0.15, 0.2) is 78.9 Å². The van der Waals surface area contributed by atoms with E-state index in [1.165, 1.54) is 0 Å². The first kappa shape index (κ1) is 26.6. The first-order valence-electron chi connectivity index (χ1n) is 12.7. The summed E-state index contributed by atoms with van der Waals surface area (Å²) in [5, 5.41) is 3.78. The standard InChI is InChI=1S/C30H33ClN2O4/c1-36-27-16-7-8-17-28(27)37-21-29(34)33(20-23-12-9-13-24(31)18-23)26(19-22-10-3-2-4-11-22)30(35)32-25-14-5-6-15-25/h2-4,7-13,16-18,25-26H,5-6,14-15,19-21H2,1H3,(H,32,35)/t26-/m0/s1. The van der Waals surface area contributed by atoms with Gasteiger partial charge in [0, 0.05) is 24.0 Å². The summed E-state index contributed by atoms with van der Waals surface area (Å²) in [6, 6.07) is 23.7. The second kappa shape index (κ2) is 13.2. The molecule has 3 aromatic rings. The molecule has 0 radical (unpaired) electrons. The number of hydrogen-bond donors (Lipinski definition) is 1. The smallest absolute Gasteiger partial charge is 0.261 e. The third kappa shape index (κ3) is 7.49. The van der Waals surface area contributed by atoms with Crippen LogP contribution < -0.4 is 14.8 Å². The minimum atomic E-state index is -0.712. The highest BCUT2D eigenvalue weighted by Crippen LogP contribution is 2.26. The van der Waals surface area contributed by atoms with Gasteiger partial charge in [-0.3, -0.25) is 9.59 Å². The highest BCUT2D eigenvalue weighted by molar-refractivity contribution is 6.30. The average molecular weight is 521 g/mol. The van der Waals surface area contributed by atoms with Gasteiger partial charge in [0.15, 0.2) is 18.1 Å². The SMILES string of the molecule is COc1ccccc1OCC(=O)N(Cc1cccc(Cl)c1)[C@@H](Cc1ccccc1)C(=O)NC1CCCC1. The molecule has 1 fully saturated rings. The molecule has 1 aliphatic carbocycles. The third-order valence-electron chi connectivity index (χ3n) is 6.63. The summed E-state index contributed by atoms with van der Waals surface area (Å²) in [6.45, 7) is -0.00674. The van der Waals surface area contributed by atoms with Gasteiger partial charge >= 0.3 is 0 Å². The predicted molar refractivity (Wildman–Crippen MR) is 145 cm³/mol. The van der Waals surface area contributed by atoms with Gasteiger partial charge < -0.3 is 19.7 Å². The van der Waals surface area contributed by atoms with Gasteiger partial charge in [-0.1, -0.05) is 79.0 Å². The maximum Gasteiger partial charge on any atom is 0.261 e. The first-order valence-corrected chi connectivity index (χ1v) is 13.1. The third-order valence-corrected chi connectivity index (χ3v) is 6.87. The average Bonchev–Trinajstić information content (AvgIpc) is 3.43. The number of benzene rings is 3. The number of para-hydroxylation sites is 2. The molecule has 6 nitrogen and oxygen atoms in total.